The first-order chi connectivity index (χ1) is 14.6. The minimum atomic E-state index is -0.260. The molecule has 2 aromatic rings. The summed E-state index contributed by atoms with van der Waals surface area (Å²) in [6.45, 7) is 1.84. The maximum Gasteiger partial charge on any atom is 0.272 e. The molecule has 1 spiro atoms. The maximum absolute atomic E-state index is 12.9. The number of rotatable bonds is 5. The van der Waals surface area contributed by atoms with Crippen LogP contribution < -0.4 is 5.32 Å². The Balaban J connectivity index is 1.23. The number of nitrogens with zero attached hydrogens (tertiary/aromatic N) is 2. The molecular formula is C24H25N3O3. The van der Waals surface area contributed by atoms with Crippen molar-refractivity contribution in [2.24, 2.45) is 11.8 Å². The second-order valence-corrected chi connectivity index (χ2v) is 8.42. The number of amides is 2. The molecule has 2 bridgehead atoms. The molecule has 2 amide bonds. The van der Waals surface area contributed by atoms with E-state index in [9.17, 15) is 9.59 Å². The first-order valence-electron chi connectivity index (χ1n) is 10.5. The number of likely N-dealkylation sites (tertiary alicyclic amines) is 1. The molecular weight excluding hydrogens is 378 g/mol. The highest BCUT2D eigenvalue weighted by Gasteiger charge is 2.63. The fraction of sp³-hybridized carbons (Fsp3) is 0.375. The van der Waals surface area contributed by atoms with Gasteiger partial charge in [-0.1, -0.05) is 36.4 Å². The van der Waals surface area contributed by atoms with Crippen molar-refractivity contribution in [2.45, 2.75) is 24.5 Å². The normalized spacial score (nSPS) is 29.3. The second-order valence-electron chi connectivity index (χ2n) is 8.42. The number of aromatic nitrogens is 1. The molecule has 6 nitrogen and oxygen atoms in total. The Morgan fingerprint density at radius 1 is 1.20 bits per heavy atom. The SMILES string of the molecule is O=C(/C=C/c1ccccc1)NC[C@H]1[C@H]2CN(C(=O)c3ccccn3)C[C@]23CC[C@H]1O3. The molecule has 1 N–H and O–H groups in total. The molecule has 0 unspecified atom stereocenters. The van der Waals surface area contributed by atoms with Crippen LogP contribution in [0.4, 0.5) is 0 Å². The summed E-state index contributed by atoms with van der Waals surface area (Å²) in [6, 6.07) is 15.2. The fourth-order valence-corrected chi connectivity index (χ4v) is 5.28. The number of benzene rings is 1. The smallest absolute Gasteiger partial charge is 0.272 e. The summed E-state index contributed by atoms with van der Waals surface area (Å²) in [5, 5.41) is 3.04. The van der Waals surface area contributed by atoms with Crippen molar-refractivity contribution in [2.75, 3.05) is 19.6 Å². The van der Waals surface area contributed by atoms with Gasteiger partial charge in [-0.25, -0.2) is 0 Å². The van der Waals surface area contributed by atoms with Gasteiger partial charge in [-0.15, -0.1) is 0 Å². The molecule has 6 heteroatoms. The summed E-state index contributed by atoms with van der Waals surface area (Å²) in [4.78, 5) is 31.3. The molecule has 3 fully saturated rings. The summed E-state index contributed by atoms with van der Waals surface area (Å²) in [5.41, 5.74) is 1.21. The summed E-state index contributed by atoms with van der Waals surface area (Å²) < 4.78 is 6.39. The van der Waals surface area contributed by atoms with E-state index in [1.54, 1.807) is 18.3 Å². The van der Waals surface area contributed by atoms with Crippen molar-refractivity contribution < 1.29 is 14.3 Å². The van der Waals surface area contributed by atoms with E-state index in [1.807, 2.05) is 53.4 Å². The van der Waals surface area contributed by atoms with Crippen LogP contribution in [0.25, 0.3) is 6.08 Å². The molecule has 154 valence electrons. The Morgan fingerprint density at radius 3 is 2.83 bits per heavy atom. The molecule has 3 aliphatic rings. The van der Waals surface area contributed by atoms with Crippen LogP contribution >= 0.6 is 0 Å². The lowest BCUT2D eigenvalue weighted by molar-refractivity contribution is -0.116. The Kier molecular flexibility index (Phi) is 4.87. The van der Waals surface area contributed by atoms with Crippen molar-refractivity contribution in [3.8, 4) is 0 Å². The van der Waals surface area contributed by atoms with Gasteiger partial charge in [-0.3, -0.25) is 14.6 Å². The predicted molar refractivity (Wildman–Crippen MR) is 112 cm³/mol. The molecule has 30 heavy (non-hydrogen) atoms. The van der Waals surface area contributed by atoms with Crippen LogP contribution in [0.15, 0.2) is 60.8 Å². The minimum Gasteiger partial charge on any atom is -0.369 e. The number of pyridine rings is 1. The first-order valence-corrected chi connectivity index (χ1v) is 10.5. The Labute approximate surface area is 175 Å². The van der Waals surface area contributed by atoms with E-state index < -0.39 is 0 Å². The first kappa shape index (κ1) is 19.0. The molecule has 0 radical (unpaired) electrons. The number of nitrogens with one attached hydrogen (secondary N) is 1. The molecule has 1 aromatic carbocycles. The maximum atomic E-state index is 12.9. The van der Waals surface area contributed by atoms with Crippen molar-refractivity contribution in [3.05, 3.63) is 72.1 Å². The Hall–Kier alpha value is -2.99. The zero-order chi connectivity index (χ0) is 20.6. The van der Waals surface area contributed by atoms with Crippen LogP contribution in [0.2, 0.25) is 0 Å². The van der Waals surface area contributed by atoms with Crippen LogP contribution in [0, 0.1) is 11.8 Å². The van der Waals surface area contributed by atoms with Gasteiger partial charge in [0.15, 0.2) is 0 Å². The average Bonchev–Trinajstić information content (AvgIpc) is 3.46. The minimum absolute atomic E-state index is 0.0417. The lowest BCUT2D eigenvalue weighted by Gasteiger charge is -2.29. The molecule has 4 heterocycles. The number of hydrogen-bond acceptors (Lipinski definition) is 4. The second kappa shape index (κ2) is 7.69. The van der Waals surface area contributed by atoms with E-state index in [0.717, 1.165) is 18.4 Å². The van der Waals surface area contributed by atoms with E-state index in [4.69, 9.17) is 4.74 Å². The highest BCUT2D eigenvalue weighted by atomic mass is 16.5. The van der Waals surface area contributed by atoms with Crippen LogP contribution in [-0.4, -0.2) is 53.0 Å². The largest absolute Gasteiger partial charge is 0.369 e. The topological polar surface area (TPSA) is 71.5 Å². The van der Waals surface area contributed by atoms with Gasteiger partial charge in [-0.2, -0.15) is 0 Å². The monoisotopic (exact) mass is 403 g/mol. The van der Waals surface area contributed by atoms with E-state index in [2.05, 4.69) is 10.3 Å². The molecule has 0 aliphatic carbocycles. The number of hydrogen-bond donors (Lipinski definition) is 1. The van der Waals surface area contributed by atoms with Crippen LogP contribution in [0.1, 0.15) is 28.9 Å². The third-order valence-corrected chi connectivity index (χ3v) is 6.69. The summed E-state index contributed by atoms with van der Waals surface area (Å²) in [5.74, 6) is 0.340. The highest BCUT2D eigenvalue weighted by molar-refractivity contribution is 5.93. The summed E-state index contributed by atoms with van der Waals surface area (Å²) >= 11 is 0. The quantitative estimate of drug-likeness (QED) is 0.779. The van der Waals surface area contributed by atoms with Crippen molar-refractivity contribution in [1.29, 1.82) is 0 Å². The standard InChI is InChI=1S/C24H25N3O3/c28-22(10-9-17-6-2-1-3-7-17)26-14-18-19-15-27(16-24(19)12-11-21(18)30-24)23(29)20-8-4-5-13-25-20/h1-10,13,18-19,21H,11-12,14-16H2,(H,26,28)/b10-9+/t18-,19+,21+,24+/m0/s1. The van der Waals surface area contributed by atoms with Crippen LogP contribution in [-0.2, 0) is 9.53 Å². The zero-order valence-corrected chi connectivity index (χ0v) is 16.7. The third kappa shape index (κ3) is 3.41. The number of carbonyl (C=O) groups excluding carboxylic acids is 2. The molecule has 3 saturated heterocycles. The van der Waals surface area contributed by atoms with Gasteiger partial charge < -0.3 is 15.0 Å². The lowest BCUT2D eigenvalue weighted by Crippen LogP contribution is -2.41. The predicted octanol–water partition coefficient (Wildman–Crippen LogP) is 2.53. The molecule has 5 rings (SSSR count). The van der Waals surface area contributed by atoms with Gasteiger partial charge in [0.1, 0.15) is 5.69 Å². The number of ether oxygens (including phenoxy) is 1. The van der Waals surface area contributed by atoms with Crippen molar-refractivity contribution in [1.82, 2.24) is 15.2 Å². The number of fused-ring (bicyclic) bond motifs is 1. The fourth-order valence-electron chi connectivity index (χ4n) is 5.28. The zero-order valence-electron chi connectivity index (χ0n) is 16.7. The van der Waals surface area contributed by atoms with Crippen LogP contribution in [0.5, 0.6) is 0 Å². The number of carbonyl (C=O) groups is 2. The van der Waals surface area contributed by atoms with Crippen LogP contribution in [0.3, 0.4) is 0 Å². The Bertz CT molecular complexity index is 962. The van der Waals surface area contributed by atoms with Gasteiger partial charge in [0.2, 0.25) is 5.91 Å². The average molecular weight is 403 g/mol. The lowest BCUT2D eigenvalue weighted by atomic mass is 9.73. The van der Waals surface area contributed by atoms with Gasteiger partial charge in [0.25, 0.3) is 5.91 Å². The molecule has 0 saturated carbocycles. The molecule has 1 aromatic heterocycles. The summed E-state index contributed by atoms with van der Waals surface area (Å²) in [7, 11) is 0. The van der Waals surface area contributed by atoms with E-state index in [1.165, 1.54) is 0 Å². The molecule has 3 aliphatic heterocycles. The van der Waals surface area contributed by atoms with Gasteiger partial charge in [-0.05, 0) is 36.6 Å². The van der Waals surface area contributed by atoms with E-state index in [0.29, 0.717) is 25.3 Å². The van der Waals surface area contributed by atoms with Crippen molar-refractivity contribution >= 4 is 17.9 Å². The highest BCUT2D eigenvalue weighted by Crippen LogP contribution is 2.54. The third-order valence-electron chi connectivity index (χ3n) is 6.69. The van der Waals surface area contributed by atoms with E-state index >= 15 is 0 Å². The molecule has 4 atom stereocenters. The van der Waals surface area contributed by atoms with Gasteiger partial charge >= 0.3 is 0 Å². The van der Waals surface area contributed by atoms with Gasteiger partial charge in [0.05, 0.1) is 18.2 Å². The van der Waals surface area contributed by atoms with E-state index in [-0.39, 0.29) is 35.4 Å². The Morgan fingerprint density at radius 2 is 2.03 bits per heavy atom. The van der Waals surface area contributed by atoms with Gasteiger partial charge in [0, 0.05) is 37.2 Å². The van der Waals surface area contributed by atoms with Crippen molar-refractivity contribution in [3.63, 3.8) is 0 Å². The summed E-state index contributed by atoms with van der Waals surface area (Å²) in [6.07, 6.45) is 7.17.